The summed E-state index contributed by atoms with van der Waals surface area (Å²) in [6.45, 7) is 2.80. The molecule has 0 heterocycles. The number of carbonyl (C=O) groups is 2. The van der Waals surface area contributed by atoms with E-state index >= 15 is 0 Å². The Morgan fingerprint density at radius 1 is 1.07 bits per heavy atom. The zero-order valence-electron chi connectivity index (χ0n) is 9.21. The highest BCUT2D eigenvalue weighted by Crippen LogP contribution is 1.97. The highest BCUT2D eigenvalue weighted by atomic mass is 16.5. The molecular formula is C10H20N2O3. The Hall–Kier alpha value is -1.10. The smallest absolute Gasteiger partial charge is 0.243 e. The van der Waals surface area contributed by atoms with Crippen LogP contribution in [0.1, 0.15) is 45.4 Å². The number of carbonyl (C=O) groups excluding carboxylic acids is 2. The molecule has 0 aliphatic heterocycles. The average molecular weight is 216 g/mol. The summed E-state index contributed by atoms with van der Waals surface area (Å²) in [5.41, 5.74) is 1.49. The van der Waals surface area contributed by atoms with Gasteiger partial charge in [0, 0.05) is 19.4 Å². The fourth-order valence-corrected chi connectivity index (χ4v) is 1.15. The molecule has 5 nitrogen and oxygen atoms in total. The molecule has 0 radical (unpaired) electrons. The molecule has 0 aromatic heterocycles. The van der Waals surface area contributed by atoms with Gasteiger partial charge in [0.25, 0.3) is 0 Å². The van der Waals surface area contributed by atoms with Gasteiger partial charge >= 0.3 is 0 Å². The maximum atomic E-state index is 11.1. The first-order valence-corrected chi connectivity index (χ1v) is 5.40. The van der Waals surface area contributed by atoms with E-state index < -0.39 is 5.91 Å². The molecule has 5 heteroatoms. The van der Waals surface area contributed by atoms with Crippen LogP contribution in [0, 0.1) is 0 Å². The summed E-state index contributed by atoms with van der Waals surface area (Å²) in [6.07, 6.45) is 4.60. The molecule has 0 bridgehead atoms. The Morgan fingerprint density at radius 2 is 1.73 bits per heavy atom. The first-order valence-electron chi connectivity index (χ1n) is 5.40. The van der Waals surface area contributed by atoms with Crippen LogP contribution in [-0.4, -0.2) is 23.6 Å². The zero-order valence-corrected chi connectivity index (χ0v) is 9.21. The van der Waals surface area contributed by atoms with Gasteiger partial charge in [-0.25, -0.2) is 5.48 Å². The van der Waals surface area contributed by atoms with Crippen molar-refractivity contribution in [1.82, 2.24) is 10.8 Å². The minimum atomic E-state index is -0.531. The van der Waals surface area contributed by atoms with Gasteiger partial charge in [-0.3, -0.25) is 14.8 Å². The van der Waals surface area contributed by atoms with Gasteiger partial charge in [-0.15, -0.1) is 0 Å². The standard InChI is InChI=1S/C10H20N2O3/c1-2-3-4-5-8-11-9(13)6-7-10(14)12-15/h15H,2-8H2,1H3,(H,11,13)(H,12,14). The van der Waals surface area contributed by atoms with Crippen LogP contribution in [0.5, 0.6) is 0 Å². The maximum absolute atomic E-state index is 11.1. The average Bonchev–Trinajstić information content (AvgIpc) is 2.25. The van der Waals surface area contributed by atoms with Crippen molar-refractivity contribution in [2.24, 2.45) is 0 Å². The summed E-state index contributed by atoms with van der Waals surface area (Å²) in [5.74, 6) is -0.675. The SMILES string of the molecule is CCCCCCNC(=O)CCC(=O)NO. The lowest BCUT2D eigenvalue weighted by atomic mass is 10.2. The predicted octanol–water partition coefficient (Wildman–Crippen LogP) is 0.968. The van der Waals surface area contributed by atoms with Crippen LogP contribution in [-0.2, 0) is 9.59 Å². The van der Waals surface area contributed by atoms with E-state index in [0.29, 0.717) is 6.54 Å². The molecule has 0 spiro atoms. The van der Waals surface area contributed by atoms with Gasteiger partial charge in [0.15, 0.2) is 0 Å². The summed E-state index contributed by atoms with van der Waals surface area (Å²) in [7, 11) is 0. The number of nitrogens with one attached hydrogen (secondary N) is 2. The number of amides is 2. The van der Waals surface area contributed by atoms with Gasteiger partial charge in [-0.05, 0) is 6.42 Å². The van der Waals surface area contributed by atoms with Gasteiger partial charge in [-0.1, -0.05) is 26.2 Å². The van der Waals surface area contributed by atoms with E-state index in [1.807, 2.05) is 0 Å². The Kier molecular flexibility index (Phi) is 8.76. The van der Waals surface area contributed by atoms with Crippen molar-refractivity contribution in [3.8, 4) is 0 Å². The fraction of sp³-hybridized carbons (Fsp3) is 0.800. The molecule has 0 aromatic carbocycles. The molecule has 3 N–H and O–H groups in total. The summed E-state index contributed by atoms with van der Waals surface area (Å²) in [4.78, 5) is 21.7. The monoisotopic (exact) mass is 216 g/mol. The van der Waals surface area contributed by atoms with Crippen LogP contribution in [0.25, 0.3) is 0 Å². The number of hydroxylamine groups is 1. The molecule has 0 aliphatic rings. The van der Waals surface area contributed by atoms with Crippen molar-refractivity contribution >= 4 is 11.8 Å². The number of unbranched alkanes of at least 4 members (excludes halogenated alkanes) is 3. The van der Waals surface area contributed by atoms with Gasteiger partial charge in [0.1, 0.15) is 0 Å². The lowest BCUT2D eigenvalue weighted by molar-refractivity contribution is -0.131. The third-order valence-electron chi connectivity index (χ3n) is 2.06. The second kappa shape index (κ2) is 9.45. The van der Waals surface area contributed by atoms with Gasteiger partial charge in [0.05, 0.1) is 0 Å². The minimum Gasteiger partial charge on any atom is -0.356 e. The largest absolute Gasteiger partial charge is 0.356 e. The summed E-state index contributed by atoms with van der Waals surface area (Å²) in [5, 5.41) is 10.9. The van der Waals surface area contributed by atoms with Crippen molar-refractivity contribution in [3.05, 3.63) is 0 Å². The molecule has 0 fully saturated rings. The van der Waals surface area contributed by atoms with Crippen LogP contribution in [0.4, 0.5) is 0 Å². The Labute approximate surface area is 90.2 Å². The number of hydrogen-bond donors (Lipinski definition) is 3. The molecule has 2 amide bonds. The van der Waals surface area contributed by atoms with Gasteiger partial charge < -0.3 is 5.32 Å². The van der Waals surface area contributed by atoms with E-state index in [-0.39, 0.29) is 18.7 Å². The molecule has 0 aromatic rings. The Bertz CT molecular complexity index is 195. The van der Waals surface area contributed by atoms with Gasteiger partial charge in [0.2, 0.25) is 11.8 Å². The van der Waals surface area contributed by atoms with Crippen LogP contribution < -0.4 is 10.8 Å². The second-order valence-electron chi connectivity index (χ2n) is 3.45. The highest BCUT2D eigenvalue weighted by Gasteiger charge is 2.04. The second-order valence-corrected chi connectivity index (χ2v) is 3.45. The van der Waals surface area contributed by atoms with Crippen molar-refractivity contribution in [2.75, 3.05) is 6.54 Å². The lowest BCUT2D eigenvalue weighted by Gasteiger charge is -2.04. The quantitative estimate of drug-likeness (QED) is 0.321. The summed E-state index contributed by atoms with van der Waals surface area (Å²) >= 11 is 0. The van der Waals surface area contributed by atoms with Crippen molar-refractivity contribution in [3.63, 3.8) is 0 Å². The first-order chi connectivity index (χ1) is 7.20. The fourth-order valence-electron chi connectivity index (χ4n) is 1.15. The van der Waals surface area contributed by atoms with E-state index in [9.17, 15) is 9.59 Å². The zero-order chi connectivity index (χ0) is 11.5. The van der Waals surface area contributed by atoms with Crippen LogP contribution in [0.3, 0.4) is 0 Å². The molecule has 0 atom stereocenters. The third kappa shape index (κ3) is 9.21. The topological polar surface area (TPSA) is 78.4 Å². The molecule has 0 saturated heterocycles. The number of hydrogen-bond acceptors (Lipinski definition) is 3. The molecule has 0 saturated carbocycles. The normalized spacial score (nSPS) is 9.73. The van der Waals surface area contributed by atoms with Gasteiger partial charge in [-0.2, -0.15) is 0 Å². The highest BCUT2D eigenvalue weighted by molar-refractivity contribution is 5.83. The third-order valence-corrected chi connectivity index (χ3v) is 2.06. The van der Waals surface area contributed by atoms with Crippen molar-refractivity contribution < 1.29 is 14.8 Å². The van der Waals surface area contributed by atoms with E-state index in [1.54, 1.807) is 0 Å². The molecule has 15 heavy (non-hydrogen) atoms. The Morgan fingerprint density at radius 3 is 2.33 bits per heavy atom. The minimum absolute atomic E-state index is 0.0251. The molecule has 0 unspecified atom stereocenters. The van der Waals surface area contributed by atoms with Crippen LogP contribution in [0.2, 0.25) is 0 Å². The summed E-state index contributed by atoms with van der Waals surface area (Å²) in [6, 6.07) is 0. The molecular weight excluding hydrogens is 196 g/mol. The van der Waals surface area contributed by atoms with Crippen molar-refractivity contribution in [1.29, 1.82) is 0 Å². The summed E-state index contributed by atoms with van der Waals surface area (Å²) < 4.78 is 0. The van der Waals surface area contributed by atoms with E-state index in [0.717, 1.165) is 12.8 Å². The van der Waals surface area contributed by atoms with E-state index in [1.165, 1.54) is 18.3 Å². The van der Waals surface area contributed by atoms with Crippen LogP contribution >= 0.6 is 0 Å². The first kappa shape index (κ1) is 13.9. The molecule has 88 valence electrons. The predicted molar refractivity (Wildman–Crippen MR) is 56.3 cm³/mol. The molecule has 0 aliphatic carbocycles. The van der Waals surface area contributed by atoms with E-state index in [4.69, 9.17) is 5.21 Å². The van der Waals surface area contributed by atoms with E-state index in [2.05, 4.69) is 12.2 Å². The number of rotatable bonds is 8. The van der Waals surface area contributed by atoms with Crippen LogP contribution in [0.15, 0.2) is 0 Å². The maximum Gasteiger partial charge on any atom is 0.243 e. The molecule has 0 rings (SSSR count). The lowest BCUT2D eigenvalue weighted by Crippen LogP contribution is -2.27. The Balaban J connectivity index is 3.30. The van der Waals surface area contributed by atoms with Crippen molar-refractivity contribution in [2.45, 2.75) is 45.4 Å².